The molecule has 5 nitrogen and oxygen atoms in total. The average molecular weight is 280 g/mol. The van der Waals surface area contributed by atoms with Crippen molar-refractivity contribution >= 4 is 11.6 Å². The van der Waals surface area contributed by atoms with Crippen LogP contribution in [-0.4, -0.2) is 34.3 Å². The Labute approximate surface area is 122 Å². The van der Waals surface area contributed by atoms with Gasteiger partial charge in [0.25, 0.3) is 0 Å². The number of rotatable bonds is 7. The zero-order valence-corrected chi connectivity index (χ0v) is 13.3. The molecule has 0 aromatic carbocycles. The summed E-state index contributed by atoms with van der Waals surface area (Å²) >= 11 is 0. The normalized spacial score (nSPS) is 13.1. The van der Waals surface area contributed by atoms with Gasteiger partial charge in [-0.15, -0.1) is 0 Å². The summed E-state index contributed by atoms with van der Waals surface area (Å²) < 4.78 is 0. The second-order valence-corrected chi connectivity index (χ2v) is 6.15. The molecule has 0 aliphatic rings. The Hall–Kier alpha value is -1.36. The van der Waals surface area contributed by atoms with Gasteiger partial charge >= 0.3 is 0 Å². The van der Waals surface area contributed by atoms with Crippen molar-refractivity contribution in [3.63, 3.8) is 0 Å². The molecule has 0 saturated carbocycles. The number of anilines is 2. The Balaban J connectivity index is 2.91. The second-order valence-electron chi connectivity index (χ2n) is 6.15. The zero-order valence-electron chi connectivity index (χ0n) is 13.3. The highest BCUT2D eigenvalue weighted by atomic mass is 16.2. The van der Waals surface area contributed by atoms with E-state index >= 15 is 0 Å². The lowest BCUT2D eigenvalue weighted by molar-refractivity contribution is 0.282. The molecular weight excluding hydrogens is 252 g/mol. The molecule has 1 rings (SSSR count). The molecule has 5 heteroatoms. The van der Waals surface area contributed by atoms with Crippen molar-refractivity contribution in [2.24, 2.45) is 0 Å². The topological polar surface area (TPSA) is 70.1 Å². The van der Waals surface area contributed by atoms with Gasteiger partial charge in [0.15, 0.2) is 0 Å². The van der Waals surface area contributed by atoms with E-state index in [2.05, 4.69) is 55.2 Å². The molecule has 114 valence electrons. The third kappa shape index (κ3) is 5.33. The Kier molecular flexibility index (Phi) is 6.20. The molecule has 0 radical (unpaired) electrons. The SMILES string of the molecule is CCNc1cc(NC(C)CCCO)nc(C(C)(C)C)n1. The molecule has 0 aliphatic carbocycles. The van der Waals surface area contributed by atoms with E-state index in [1.54, 1.807) is 0 Å². The van der Waals surface area contributed by atoms with Crippen LogP contribution in [0.3, 0.4) is 0 Å². The van der Waals surface area contributed by atoms with Gasteiger partial charge in [-0.3, -0.25) is 0 Å². The molecule has 0 saturated heterocycles. The molecule has 1 aromatic heterocycles. The lowest BCUT2D eigenvalue weighted by atomic mass is 9.96. The number of hydrogen-bond acceptors (Lipinski definition) is 5. The monoisotopic (exact) mass is 280 g/mol. The van der Waals surface area contributed by atoms with Crippen LogP contribution < -0.4 is 10.6 Å². The minimum atomic E-state index is -0.0871. The molecule has 0 bridgehead atoms. The predicted octanol–water partition coefficient (Wildman–Crippen LogP) is 2.78. The average Bonchev–Trinajstić information content (AvgIpc) is 2.35. The van der Waals surface area contributed by atoms with E-state index in [0.29, 0.717) is 0 Å². The summed E-state index contributed by atoms with van der Waals surface area (Å²) in [6, 6.07) is 2.22. The maximum absolute atomic E-state index is 8.88. The van der Waals surface area contributed by atoms with Gasteiger partial charge in [-0.1, -0.05) is 20.8 Å². The summed E-state index contributed by atoms with van der Waals surface area (Å²) in [4.78, 5) is 9.17. The highest BCUT2D eigenvalue weighted by Crippen LogP contribution is 2.22. The molecule has 1 aromatic rings. The third-order valence-electron chi connectivity index (χ3n) is 2.94. The van der Waals surface area contributed by atoms with Gasteiger partial charge < -0.3 is 15.7 Å². The van der Waals surface area contributed by atoms with Crippen LogP contribution in [0.15, 0.2) is 6.07 Å². The largest absolute Gasteiger partial charge is 0.396 e. The first-order valence-electron chi connectivity index (χ1n) is 7.37. The van der Waals surface area contributed by atoms with E-state index in [1.165, 1.54) is 0 Å². The smallest absolute Gasteiger partial charge is 0.138 e. The van der Waals surface area contributed by atoms with E-state index in [-0.39, 0.29) is 18.1 Å². The van der Waals surface area contributed by atoms with E-state index in [1.807, 2.05) is 6.07 Å². The zero-order chi connectivity index (χ0) is 15.2. The lowest BCUT2D eigenvalue weighted by Crippen LogP contribution is -2.21. The van der Waals surface area contributed by atoms with Crippen LogP contribution in [0.25, 0.3) is 0 Å². The van der Waals surface area contributed by atoms with Gasteiger partial charge in [-0.25, -0.2) is 9.97 Å². The summed E-state index contributed by atoms with van der Waals surface area (Å²) in [7, 11) is 0. The highest BCUT2D eigenvalue weighted by molar-refractivity contribution is 5.48. The van der Waals surface area contributed by atoms with Crippen LogP contribution in [0, 0.1) is 0 Å². The van der Waals surface area contributed by atoms with Crippen molar-refractivity contribution in [2.75, 3.05) is 23.8 Å². The number of aliphatic hydroxyl groups is 1. The number of hydrogen-bond donors (Lipinski definition) is 3. The van der Waals surface area contributed by atoms with Gasteiger partial charge in [0.2, 0.25) is 0 Å². The molecule has 0 spiro atoms. The summed E-state index contributed by atoms with van der Waals surface area (Å²) in [5.74, 6) is 2.52. The van der Waals surface area contributed by atoms with Crippen molar-refractivity contribution in [1.82, 2.24) is 9.97 Å². The first kappa shape index (κ1) is 16.7. The minimum absolute atomic E-state index is 0.0871. The number of nitrogens with zero attached hydrogens (tertiary/aromatic N) is 2. The molecule has 3 N–H and O–H groups in total. The molecule has 1 unspecified atom stereocenters. The highest BCUT2D eigenvalue weighted by Gasteiger charge is 2.19. The quantitative estimate of drug-likeness (QED) is 0.716. The van der Waals surface area contributed by atoms with Crippen LogP contribution in [0.2, 0.25) is 0 Å². The molecule has 1 atom stereocenters. The number of aromatic nitrogens is 2. The maximum Gasteiger partial charge on any atom is 0.138 e. The van der Waals surface area contributed by atoms with Crippen molar-refractivity contribution in [1.29, 1.82) is 0 Å². The first-order chi connectivity index (χ1) is 9.36. The minimum Gasteiger partial charge on any atom is -0.396 e. The Bertz CT molecular complexity index is 415. The van der Waals surface area contributed by atoms with Gasteiger partial charge in [-0.2, -0.15) is 0 Å². The summed E-state index contributed by atoms with van der Waals surface area (Å²) in [5, 5.41) is 15.5. The van der Waals surface area contributed by atoms with E-state index in [9.17, 15) is 0 Å². The first-order valence-corrected chi connectivity index (χ1v) is 7.37. The van der Waals surface area contributed by atoms with Gasteiger partial charge in [0.05, 0.1) is 0 Å². The van der Waals surface area contributed by atoms with Gasteiger partial charge in [-0.05, 0) is 26.7 Å². The summed E-state index contributed by atoms with van der Waals surface area (Å²) in [6.45, 7) is 11.5. The fraction of sp³-hybridized carbons (Fsp3) is 0.733. The maximum atomic E-state index is 8.88. The van der Waals surface area contributed by atoms with Crippen molar-refractivity contribution < 1.29 is 5.11 Å². The van der Waals surface area contributed by atoms with Crippen LogP contribution in [0.5, 0.6) is 0 Å². The predicted molar refractivity (Wildman–Crippen MR) is 84.3 cm³/mol. The third-order valence-corrected chi connectivity index (χ3v) is 2.94. The van der Waals surface area contributed by atoms with Crippen molar-refractivity contribution in [3.05, 3.63) is 11.9 Å². The van der Waals surface area contributed by atoms with Crippen molar-refractivity contribution in [2.45, 2.75) is 58.9 Å². The molecule has 0 aliphatic heterocycles. The Morgan fingerprint density at radius 3 is 2.45 bits per heavy atom. The Morgan fingerprint density at radius 2 is 1.90 bits per heavy atom. The fourth-order valence-corrected chi connectivity index (χ4v) is 1.85. The standard InChI is InChI=1S/C15H28N4O/c1-6-16-12-10-13(17-11(2)8-7-9-20)19-14(18-12)15(3,4)5/h10-11,20H,6-9H2,1-5H3,(H2,16,17,18,19). The van der Waals surface area contributed by atoms with Gasteiger partial charge in [0, 0.05) is 30.7 Å². The van der Waals surface area contributed by atoms with E-state index in [4.69, 9.17) is 5.11 Å². The molecule has 20 heavy (non-hydrogen) atoms. The summed E-state index contributed by atoms with van der Waals surface area (Å²) in [5.41, 5.74) is -0.0871. The van der Waals surface area contributed by atoms with E-state index < -0.39 is 0 Å². The van der Waals surface area contributed by atoms with Crippen molar-refractivity contribution in [3.8, 4) is 0 Å². The Morgan fingerprint density at radius 1 is 1.25 bits per heavy atom. The molecule has 0 amide bonds. The number of aliphatic hydroxyl groups excluding tert-OH is 1. The van der Waals surface area contributed by atoms with Crippen LogP contribution in [0.1, 0.15) is 53.3 Å². The van der Waals surface area contributed by atoms with E-state index in [0.717, 1.165) is 36.8 Å². The molecular formula is C15H28N4O. The number of nitrogens with one attached hydrogen (secondary N) is 2. The second kappa shape index (κ2) is 7.43. The lowest BCUT2D eigenvalue weighted by Gasteiger charge is -2.21. The van der Waals surface area contributed by atoms with Crippen LogP contribution in [0.4, 0.5) is 11.6 Å². The molecule has 0 fully saturated rings. The molecule has 1 heterocycles. The van der Waals surface area contributed by atoms with Crippen LogP contribution in [-0.2, 0) is 5.41 Å². The van der Waals surface area contributed by atoms with Gasteiger partial charge in [0.1, 0.15) is 17.5 Å². The summed E-state index contributed by atoms with van der Waals surface area (Å²) in [6.07, 6.45) is 1.72. The fourth-order valence-electron chi connectivity index (χ4n) is 1.85. The van der Waals surface area contributed by atoms with Crippen LogP contribution >= 0.6 is 0 Å².